The first-order chi connectivity index (χ1) is 8.28. The molecule has 17 heavy (non-hydrogen) atoms. The summed E-state index contributed by atoms with van der Waals surface area (Å²) in [6, 6.07) is 0. The lowest BCUT2D eigenvalue weighted by molar-refractivity contribution is 0.394. The molecular formula is C13H21N3S. The lowest BCUT2D eigenvalue weighted by Gasteiger charge is -2.25. The number of nitrogens with zero attached hydrogens (tertiary/aromatic N) is 2. The third-order valence-electron chi connectivity index (χ3n) is 3.27. The minimum atomic E-state index is 0.663. The van der Waals surface area contributed by atoms with Crippen molar-refractivity contribution in [2.24, 2.45) is 11.7 Å². The number of hydrogen-bond acceptors (Lipinski definition) is 4. The second-order valence-corrected chi connectivity index (χ2v) is 6.19. The van der Waals surface area contributed by atoms with Gasteiger partial charge in [0.05, 0.1) is 0 Å². The molecule has 0 amide bonds. The quantitative estimate of drug-likeness (QED) is 0.836. The Morgan fingerprint density at radius 2 is 2.12 bits per heavy atom. The maximum absolute atomic E-state index is 5.50. The van der Waals surface area contributed by atoms with Crippen LogP contribution in [0, 0.1) is 5.92 Å². The summed E-state index contributed by atoms with van der Waals surface area (Å²) in [5.41, 5.74) is 6.64. The molecule has 1 aliphatic carbocycles. The summed E-state index contributed by atoms with van der Waals surface area (Å²) >= 11 is 1.84. The van der Waals surface area contributed by atoms with Gasteiger partial charge in [-0.3, -0.25) is 0 Å². The highest BCUT2D eigenvalue weighted by molar-refractivity contribution is 7.99. The molecule has 0 saturated heterocycles. The Balaban J connectivity index is 1.89. The van der Waals surface area contributed by atoms with Gasteiger partial charge in [-0.2, -0.15) is 0 Å². The molecule has 4 heteroatoms. The van der Waals surface area contributed by atoms with Gasteiger partial charge in [-0.25, -0.2) is 9.97 Å². The summed E-state index contributed by atoms with van der Waals surface area (Å²) in [7, 11) is 0. The number of aromatic nitrogens is 2. The molecule has 2 atom stereocenters. The van der Waals surface area contributed by atoms with Crippen LogP contribution in [0.2, 0.25) is 0 Å². The molecule has 1 aromatic rings. The molecule has 2 unspecified atom stereocenters. The molecule has 3 nitrogen and oxygen atoms in total. The number of rotatable bonds is 4. The molecule has 1 fully saturated rings. The Morgan fingerprint density at radius 3 is 2.76 bits per heavy atom. The second kappa shape index (κ2) is 6.36. The van der Waals surface area contributed by atoms with E-state index in [0.29, 0.717) is 11.8 Å². The van der Waals surface area contributed by atoms with Crippen LogP contribution in [0.1, 0.15) is 38.2 Å². The number of nitrogens with two attached hydrogens (primary N) is 1. The first-order valence-corrected chi connectivity index (χ1v) is 7.33. The highest BCUT2D eigenvalue weighted by atomic mass is 32.2. The number of thioether (sulfide) groups is 1. The van der Waals surface area contributed by atoms with Crippen LogP contribution >= 0.6 is 11.8 Å². The van der Waals surface area contributed by atoms with Crippen LogP contribution in [0.4, 0.5) is 0 Å². The third-order valence-corrected chi connectivity index (χ3v) is 4.46. The SMILES string of the molecule is CC1CCCC(Sc2ncc(CCN)cn2)C1. The molecular weight excluding hydrogens is 230 g/mol. The van der Waals surface area contributed by atoms with Gasteiger partial charge >= 0.3 is 0 Å². The fraction of sp³-hybridized carbons (Fsp3) is 0.692. The first kappa shape index (κ1) is 12.8. The van der Waals surface area contributed by atoms with Gasteiger partial charge < -0.3 is 5.73 Å². The smallest absolute Gasteiger partial charge is 0.187 e. The molecule has 0 aromatic carbocycles. The Bertz CT molecular complexity index is 339. The fourth-order valence-electron chi connectivity index (χ4n) is 2.33. The lowest BCUT2D eigenvalue weighted by atomic mass is 9.91. The van der Waals surface area contributed by atoms with E-state index in [1.807, 2.05) is 24.2 Å². The van der Waals surface area contributed by atoms with Crippen molar-refractivity contribution in [1.82, 2.24) is 9.97 Å². The lowest BCUT2D eigenvalue weighted by Crippen LogP contribution is -2.15. The molecule has 1 heterocycles. The van der Waals surface area contributed by atoms with Crippen molar-refractivity contribution in [3.63, 3.8) is 0 Å². The van der Waals surface area contributed by atoms with Crippen LogP contribution in [0.3, 0.4) is 0 Å². The summed E-state index contributed by atoms with van der Waals surface area (Å²) in [5.74, 6) is 0.859. The van der Waals surface area contributed by atoms with Crippen molar-refractivity contribution in [2.45, 2.75) is 49.4 Å². The predicted molar refractivity (Wildman–Crippen MR) is 72.1 cm³/mol. The molecule has 1 aliphatic rings. The van der Waals surface area contributed by atoms with Gasteiger partial charge in [0.15, 0.2) is 5.16 Å². The minimum absolute atomic E-state index is 0.663. The van der Waals surface area contributed by atoms with Crippen LogP contribution < -0.4 is 5.73 Å². The van der Waals surface area contributed by atoms with Crippen molar-refractivity contribution in [3.05, 3.63) is 18.0 Å². The Kier molecular flexibility index (Phi) is 4.80. The van der Waals surface area contributed by atoms with E-state index in [2.05, 4.69) is 16.9 Å². The molecule has 2 N–H and O–H groups in total. The van der Waals surface area contributed by atoms with Crippen LogP contribution in [-0.2, 0) is 6.42 Å². The van der Waals surface area contributed by atoms with Crippen LogP contribution in [0.25, 0.3) is 0 Å². The third kappa shape index (κ3) is 3.96. The Labute approximate surface area is 108 Å². The summed E-state index contributed by atoms with van der Waals surface area (Å²) in [5, 5.41) is 1.63. The maximum Gasteiger partial charge on any atom is 0.187 e. The molecule has 1 aromatic heterocycles. The van der Waals surface area contributed by atoms with E-state index in [9.17, 15) is 0 Å². The number of hydrogen-bond donors (Lipinski definition) is 1. The summed E-state index contributed by atoms with van der Waals surface area (Å²) in [6.07, 6.45) is 10.0. The molecule has 0 radical (unpaired) electrons. The normalized spacial score (nSPS) is 24.8. The van der Waals surface area contributed by atoms with Gasteiger partial charge in [0.25, 0.3) is 0 Å². The van der Waals surface area contributed by atoms with E-state index < -0.39 is 0 Å². The van der Waals surface area contributed by atoms with Crippen LogP contribution in [0.5, 0.6) is 0 Å². The monoisotopic (exact) mass is 251 g/mol. The Morgan fingerprint density at radius 1 is 1.35 bits per heavy atom. The minimum Gasteiger partial charge on any atom is -0.330 e. The van der Waals surface area contributed by atoms with Crippen molar-refractivity contribution in [1.29, 1.82) is 0 Å². The summed E-state index contributed by atoms with van der Waals surface area (Å²) < 4.78 is 0. The van der Waals surface area contributed by atoms with Crippen molar-refractivity contribution >= 4 is 11.8 Å². The molecule has 2 rings (SSSR count). The molecule has 0 bridgehead atoms. The fourth-order valence-corrected chi connectivity index (χ4v) is 3.57. The van der Waals surface area contributed by atoms with Gasteiger partial charge in [-0.1, -0.05) is 31.5 Å². The van der Waals surface area contributed by atoms with Crippen LogP contribution in [-0.4, -0.2) is 21.8 Å². The van der Waals surface area contributed by atoms with Gasteiger partial charge in [0, 0.05) is 17.6 Å². The maximum atomic E-state index is 5.50. The standard InChI is InChI=1S/C13H21N3S/c1-10-3-2-4-12(7-10)17-13-15-8-11(5-6-14)9-16-13/h8-10,12H,2-7,14H2,1H3. The van der Waals surface area contributed by atoms with Gasteiger partial charge in [0.2, 0.25) is 0 Å². The topological polar surface area (TPSA) is 51.8 Å². The second-order valence-electron chi connectivity index (χ2n) is 4.92. The average Bonchev–Trinajstić information content (AvgIpc) is 2.32. The predicted octanol–water partition coefficient (Wildman–Crippen LogP) is 2.65. The summed E-state index contributed by atoms with van der Waals surface area (Å²) in [4.78, 5) is 8.83. The molecule has 94 valence electrons. The molecule has 0 spiro atoms. The van der Waals surface area contributed by atoms with Crippen molar-refractivity contribution < 1.29 is 0 Å². The van der Waals surface area contributed by atoms with Crippen molar-refractivity contribution in [2.75, 3.05) is 6.54 Å². The van der Waals surface area contributed by atoms with Crippen molar-refractivity contribution in [3.8, 4) is 0 Å². The molecule has 0 aliphatic heterocycles. The van der Waals surface area contributed by atoms with E-state index >= 15 is 0 Å². The zero-order chi connectivity index (χ0) is 12.1. The average molecular weight is 251 g/mol. The van der Waals surface area contributed by atoms with Gasteiger partial charge in [-0.15, -0.1) is 0 Å². The van der Waals surface area contributed by atoms with E-state index in [1.54, 1.807) is 0 Å². The highest BCUT2D eigenvalue weighted by Gasteiger charge is 2.20. The van der Waals surface area contributed by atoms with E-state index in [1.165, 1.54) is 25.7 Å². The first-order valence-electron chi connectivity index (χ1n) is 6.45. The summed E-state index contributed by atoms with van der Waals surface area (Å²) in [6.45, 7) is 3.01. The molecule has 1 saturated carbocycles. The highest BCUT2D eigenvalue weighted by Crippen LogP contribution is 2.34. The zero-order valence-corrected chi connectivity index (χ0v) is 11.2. The van der Waals surface area contributed by atoms with E-state index in [-0.39, 0.29) is 0 Å². The van der Waals surface area contributed by atoms with E-state index in [4.69, 9.17) is 5.73 Å². The van der Waals surface area contributed by atoms with Crippen LogP contribution in [0.15, 0.2) is 17.6 Å². The van der Waals surface area contributed by atoms with Gasteiger partial charge in [-0.05, 0) is 37.3 Å². The Hall–Kier alpha value is -0.610. The van der Waals surface area contributed by atoms with E-state index in [0.717, 1.165) is 23.1 Å². The van der Waals surface area contributed by atoms with Gasteiger partial charge in [0.1, 0.15) is 0 Å². The zero-order valence-electron chi connectivity index (χ0n) is 10.4. The largest absolute Gasteiger partial charge is 0.330 e.